The van der Waals surface area contributed by atoms with Gasteiger partial charge in [0, 0.05) is 25.7 Å². The number of rotatable bonds is 11. The smallest absolute Gasteiger partial charge is 0.161 e. The summed E-state index contributed by atoms with van der Waals surface area (Å²) >= 11 is 0. The van der Waals surface area contributed by atoms with E-state index in [0.717, 1.165) is 24.2 Å². The van der Waals surface area contributed by atoms with E-state index in [1.807, 2.05) is 32.2 Å². The first kappa shape index (κ1) is 21.5. The van der Waals surface area contributed by atoms with Gasteiger partial charge in [-0.2, -0.15) is 0 Å². The maximum Gasteiger partial charge on any atom is 0.161 e. The number of ether oxygens (including phenoxy) is 2. The highest BCUT2D eigenvalue weighted by Gasteiger charge is 2.13. The lowest BCUT2D eigenvalue weighted by molar-refractivity contribution is 0.0668. The van der Waals surface area contributed by atoms with E-state index >= 15 is 0 Å². The molecule has 0 heterocycles. The molecule has 1 N–H and O–H groups in total. The molecule has 0 bridgehead atoms. The van der Waals surface area contributed by atoms with Gasteiger partial charge in [-0.05, 0) is 52.6 Å². The number of hydrogen-bond acceptors (Lipinski definition) is 5. The average molecular weight is 351 g/mol. The van der Waals surface area contributed by atoms with E-state index in [4.69, 9.17) is 9.47 Å². The Morgan fingerprint density at radius 3 is 2.48 bits per heavy atom. The number of hydrogen-bond donors (Lipinski definition) is 1. The van der Waals surface area contributed by atoms with Crippen molar-refractivity contribution in [3.8, 4) is 11.5 Å². The molecule has 1 aromatic rings. The van der Waals surface area contributed by atoms with Crippen molar-refractivity contribution in [2.24, 2.45) is 0 Å². The fourth-order valence-electron chi connectivity index (χ4n) is 2.54. The van der Waals surface area contributed by atoms with Crippen molar-refractivity contribution < 1.29 is 14.6 Å². The van der Waals surface area contributed by atoms with E-state index in [-0.39, 0.29) is 6.61 Å². The molecule has 1 atom stereocenters. The average Bonchev–Trinajstić information content (AvgIpc) is 2.52. The third kappa shape index (κ3) is 7.90. The maximum atomic E-state index is 10.1. The minimum atomic E-state index is -0.543. The first-order valence-corrected chi connectivity index (χ1v) is 8.73. The van der Waals surface area contributed by atoms with Gasteiger partial charge in [-0.15, -0.1) is 0 Å². The van der Waals surface area contributed by atoms with Crippen molar-refractivity contribution in [1.29, 1.82) is 0 Å². The maximum absolute atomic E-state index is 10.1. The highest BCUT2D eigenvalue weighted by atomic mass is 16.5. The van der Waals surface area contributed by atoms with Gasteiger partial charge in [0.25, 0.3) is 0 Å². The summed E-state index contributed by atoms with van der Waals surface area (Å²) in [6.07, 6.45) is -0.543. The van der Waals surface area contributed by atoms with Crippen LogP contribution in [0, 0.1) is 0 Å². The van der Waals surface area contributed by atoms with Crippen LogP contribution in [0.5, 0.6) is 11.5 Å². The van der Waals surface area contributed by atoms with Crippen molar-refractivity contribution in [3.63, 3.8) is 0 Å². The topological polar surface area (TPSA) is 45.2 Å². The Kier molecular flexibility index (Phi) is 8.97. The summed E-state index contributed by atoms with van der Waals surface area (Å²) in [4.78, 5) is 4.29. The standard InChI is InChI=1S/C20H34N2O3/c1-15(2)11-21(5)12-17-8-9-19(20(10-17)24-7)25-14-18(23)13-22(6)16(3)4/h8-10,16,18,23H,1,11-14H2,2-7H3/t18-/m0/s1. The van der Waals surface area contributed by atoms with Crippen LogP contribution in [0.3, 0.4) is 0 Å². The molecule has 0 aromatic heterocycles. The SMILES string of the molecule is C=C(C)CN(C)Cc1ccc(OC[C@@H](O)CN(C)C(C)C)c(OC)c1. The number of likely N-dealkylation sites (N-methyl/N-ethyl adjacent to an activating group) is 2. The molecule has 0 saturated carbocycles. The minimum absolute atomic E-state index is 0.238. The Balaban J connectivity index is 2.64. The number of aliphatic hydroxyl groups is 1. The molecule has 0 aliphatic carbocycles. The predicted octanol–water partition coefficient (Wildman–Crippen LogP) is 2.78. The van der Waals surface area contributed by atoms with E-state index in [9.17, 15) is 5.11 Å². The Morgan fingerprint density at radius 2 is 1.92 bits per heavy atom. The Labute approximate surface area is 152 Å². The molecule has 0 aliphatic rings. The molecular weight excluding hydrogens is 316 g/mol. The summed E-state index contributed by atoms with van der Waals surface area (Å²) in [6, 6.07) is 6.30. The summed E-state index contributed by atoms with van der Waals surface area (Å²) in [6.45, 7) is 12.6. The molecule has 0 radical (unpaired) electrons. The summed E-state index contributed by atoms with van der Waals surface area (Å²) in [7, 11) is 5.68. The van der Waals surface area contributed by atoms with Gasteiger partial charge in [-0.3, -0.25) is 4.90 Å². The second-order valence-corrected chi connectivity index (χ2v) is 7.11. The lowest BCUT2D eigenvalue weighted by atomic mass is 10.2. The fourth-order valence-corrected chi connectivity index (χ4v) is 2.54. The zero-order valence-electron chi connectivity index (χ0n) is 16.6. The van der Waals surface area contributed by atoms with Crippen molar-refractivity contribution in [2.75, 3.05) is 40.9 Å². The normalized spacial score (nSPS) is 12.7. The fraction of sp³-hybridized carbons (Fsp3) is 0.600. The van der Waals surface area contributed by atoms with Crippen molar-refractivity contribution in [2.45, 2.75) is 39.5 Å². The zero-order chi connectivity index (χ0) is 19.0. The summed E-state index contributed by atoms with van der Waals surface area (Å²) in [5, 5.41) is 10.1. The van der Waals surface area contributed by atoms with Crippen LogP contribution in [0.2, 0.25) is 0 Å². The third-order valence-corrected chi connectivity index (χ3v) is 4.03. The molecule has 0 aliphatic heterocycles. The molecule has 0 saturated heterocycles. The van der Waals surface area contributed by atoms with Gasteiger partial charge in [-0.25, -0.2) is 0 Å². The van der Waals surface area contributed by atoms with Gasteiger partial charge < -0.3 is 19.5 Å². The molecule has 5 heteroatoms. The molecule has 5 nitrogen and oxygen atoms in total. The van der Waals surface area contributed by atoms with Crippen LogP contribution >= 0.6 is 0 Å². The third-order valence-electron chi connectivity index (χ3n) is 4.03. The van der Waals surface area contributed by atoms with Crippen LogP contribution in [-0.4, -0.2) is 68.0 Å². The van der Waals surface area contributed by atoms with E-state index < -0.39 is 6.10 Å². The van der Waals surface area contributed by atoms with Crippen molar-refractivity contribution in [1.82, 2.24) is 9.80 Å². The number of aliphatic hydroxyl groups excluding tert-OH is 1. The molecule has 25 heavy (non-hydrogen) atoms. The number of methoxy groups -OCH3 is 1. The molecule has 1 aromatic carbocycles. The molecule has 1 rings (SSSR count). The van der Waals surface area contributed by atoms with E-state index in [0.29, 0.717) is 24.1 Å². The van der Waals surface area contributed by atoms with Crippen LogP contribution in [-0.2, 0) is 6.54 Å². The first-order chi connectivity index (χ1) is 11.7. The van der Waals surface area contributed by atoms with E-state index in [1.165, 1.54) is 0 Å². The highest BCUT2D eigenvalue weighted by Crippen LogP contribution is 2.28. The number of nitrogens with zero attached hydrogens (tertiary/aromatic N) is 2. The largest absolute Gasteiger partial charge is 0.493 e. The van der Waals surface area contributed by atoms with Crippen molar-refractivity contribution >= 4 is 0 Å². The monoisotopic (exact) mass is 350 g/mol. The van der Waals surface area contributed by atoms with Crippen LogP contribution in [0.4, 0.5) is 0 Å². The lowest BCUT2D eigenvalue weighted by Crippen LogP contribution is -2.36. The van der Waals surface area contributed by atoms with Gasteiger partial charge in [0.15, 0.2) is 11.5 Å². The Morgan fingerprint density at radius 1 is 1.24 bits per heavy atom. The Hall–Kier alpha value is -1.56. The summed E-state index contributed by atoms with van der Waals surface area (Å²) in [5.74, 6) is 1.34. The van der Waals surface area contributed by atoms with Crippen LogP contribution < -0.4 is 9.47 Å². The molecule has 0 spiro atoms. The van der Waals surface area contributed by atoms with Crippen LogP contribution in [0.1, 0.15) is 26.3 Å². The summed E-state index contributed by atoms with van der Waals surface area (Å²) in [5.41, 5.74) is 2.28. The van der Waals surface area contributed by atoms with Crippen molar-refractivity contribution in [3.05, 3.63) is 35.9 Å². The van der Waals surface area contributed by atoms with E-state index in [1.54, 1.807) is 7.11 Å². The molecule has 0 amide bonds. The van der Waals surface area contributed by atoms with Gasteiger partial charge in [0.1, 0.15) is 12.7 Å². The Bertz CT molecular complexity index is 546. The van der Waals surface area contributed by atoms with Gasteiger partial charge in [0.2, 0.25) is 0 Å². The van der Waals surface area contributed by atoms with Gasteiger partial charge in [-0.1, -0.05) is 18.2 Å². The van der Waals surface area contributed by atoms with Gasteiger partial charge >= 0.3 is 0 Å². The highest BCUT2D eigenvalue weighted by molar-refractivity contribution is 5.43. The molecule has 0 fully saturated rings. The van der Waals surface area contributed by atoms with E-state index in [2.05, 4.69) is 37.3 Å². The first-order valence-electron chi connectivity index (χ1n) is 8.73. The van der Waals surface area contributed by atoms with Crippen LogP contribution in [0.25, 0.3) is 0 Å². The molecule has 142 valence electrons. The predicted molar refractivity (Wildman–Crippen MR) is 103 cm³/mol. The minimum Gasteiger partial charge on any atom is -0.493 e. The quantitative estimate of drug-likeness (QED) is 0.622. The second kappa shape index (κ2) is 10.4. The molecule has 0 unspecified atom stereocenters. The summed E-state index contributed by atoms with van der Waals surface area (Å²) < 4.78 is 11.2. The van der Waals surface area contributed by atoms with Gasteiger partial charge in [0.05, 0.1) is 7.11 Å². The molecular formula is C20H34N2O3. The lowest BCUT2D eigenvalue weighted by Gasteiger charge is -2.24. The van der Waals surface area contributed by atoms with Crippen LogP contribution in [0.15, 0.2) is 30.4 Å². The number of benzene rings is 1. The second-order valence-electron chi connectivity index (χ2n) is 7.11. The zero-order valence-corrected chi connectivity index (χ0v) is 16.6.